The van der Waals surface area contributed by atoms with Crippen LogP contribution in [0.25, 0.3) is 0 Å². The van der Waals surface area contributed by atoms with E-state index in [2.05, 4.69) is 0 Å². The molecule has 9 heteroatoms. The number of imide groups is 1. The molecule has 1 aromatic rings. The largest absolute Gasteiger partial charge is 0.451 e. The van der Waals surface area contributed by atoms with Gasteiger partial charge in [0.1, 0.15) is 6.54 Å². The van der Waals surface area contributed by atoms with E-state index in [4.69, 9.17) is 0 Å². The summed E-state index contributed by atoms with van der Waals surface area (Å²) in [6.45, 7) is -0.162. The lowest BCUT2D eigenvalue weighted by atomic mass is 10.0. The number of carbonyl (C=O) groups is 3. The maximum Gasteiger partial charge on any atom is 0.451 e. The first-order valence-electron chi connectivity index (χ1n) is 8.28. The van der Waals surface area contributed by atoms with Gasteiger partial charge in [0.05, 0.1) is 12.2 Å². The van der Waals surface area contributed by atoms with Gasteiger partial charge in [-0.2, -0.15) is 13.2 Å². The van der Waals surface area contributed by atoms with Gasteiger partial charge >= 0.3 is 12.2 Å². The second kappa shape index (κ2) is 7.06. The maximum atomic E-state index is 12.6. The monoisotopic (exact) mass is 369 g/mol. The molecule has 0 unspecified atom stereocenters. The number of benzene rings is 1. The lowest BCUT2D eigenvalue weighted by molar-refractivity contribution is -0.172. The zero-order chi connectivity index (χ0) is 18.9. The van der Waals surface area contributed by atoms with Gasteiger partial charge in [-0.15, -0.1) is 0 Å². The van der Waals surface area contributed by atoms with Crippen LogP contribution in [0.4, 0.5) is 23.7 Å². The quantitative estimate of drug-likeness (QED) is 0.763. The highest BCUT2D eigenvalue weighted by Crippen LogP contribution is 2.26. The maximum absolute atomic E-state index is 12.6. The Bertz CT molecular complexity index is 700. The van der Waals surface area contributed by atoms with Gasteiger partial charge < -0.3 is 4.90 Å². The van der Waals surface area contributed by atoms with Gasteiger partial charge in [-0.1, -0.05) is 18.2 Å². The molecular formula is C17H18F3N3O3. The summed E-state index contributed by atoms with van der Waals surface area (Å²) in [4.78, 5) is 40.0. The minimum Gasteiger partial charge on any atom is -0.312 e. The van der Waals surface area contributed by atoms with Crippen molar-refractivity contribution in [2.45, 2.75) is 25.1 Å². The summed E-state index contributed by atoms with van der Waals surface area (Å²) in [6, 6.07) is 7.95. The van der Waals surface area contributed by atoms with Crippen LogP contribution in [0.5, 0.6) is 0 Å². The number of carbonyl (C=O) groups excluding carboxylic acids is 3. The molecule has 0 aliphatic carbocycles. The van der Waals surface area contributed by atoms with Crippen molar-refractivity contribution in [2.24, 2.45) is 0 Å². The summed E-state index contributed by atoms with van der Waals surface area (Å²) in [5, 5.41) is 0. The van der Waals surface area contributed by atoms with E-state index in [1.165, 1.54) is 9.80 Å². The molecule has 0 spiro atoms. The van der Waals surface area contributed by atoms with Gasteiger partial charge in [-0.05, 0) is 25.0 Å². The molecule has 2 aliphatic rings. The number of hydrogen-bond acceptors (Lipinski definition) is 4. The van der Waals surface area contributed by atoms with Crippen molar-refractivity contribution in [3.63, 3.8) is 0 Å². The first kappa shape index (κ1) is 18.4. The molecule has 0 atom stereocenters. The highest BCUT2D eigenvalue weighted by Gasteiger charge is 2.43. The SMILES string of the molecule is O=C1CN(C2CCN(CC(=O)C(F)(F)F)CC2)C(=O)N1c1ccccc1. The molecule has 0 saturated carbocycles. The molecule has 3 amide bonds. The van der Waals surface area contributed by atoms with Crippen LogP contribution in [0.15, 0.2) is 30.3 Å². The molecule has 140 valence electrons. The number of alkyl halides is 3. The highest BCUT2D eigenvalue weighted by atomic mass is 19.4. The first-order chi connectivity index (χ1) is 12.3. The third-order valence-electron chi connectivity index (χ3n) is 4.69. The number of likely N-dealkylation sites (tertiary alicyclic amines) is 1. The topological polar surface area (TPSA) is 60.9 Å². The highest BCUT2D eigenvalue weighted by molar-refractivity contribution is 6.19. The van der Waals surface area contributed by atoms with Crippen LogP contribution in [0.2, 0.25) is 0 Å². The number of nitrogens with zero attached hydrogens (tertiary/aromatic N) is 3. The number of ketones is 1. The number of urea groups is 1. The number of hydrogen-bond donors (Lipinski definition) is 0. The first-order valence-corrected chi connectivity index (χ1v) is 8.28. The van der Waals surface area contributed by atoms with Crippen LogP contribution in [0, 0.1) is 0 Å². The minimum atomic E-state index is -4.83. The third kappa shape index (κ3) is 3.72. The van der Waals surface area contributed by atoms with Crippen LogP contribution in [0.3, 0.4) is 0 Å². The standard InChI is InChI=1S/C17H18F3N3O3/c18-17(19,20)14(24)10-21-8-6-12(7-9-21)22-11-15(25)23(16(22)26)13-4-2-1-3-5-13/h1-5,12H,6-11H2. The number of para-hydroxylation sites is 1. The molecule has 2 saturated heterocycles. The predicted molar refractivity (Wildman–Crippen MR) is 86.6 cm³/mol. The second-order valence-corrected chi connectivity index (χ2v) is 6.40. The lowest BCUT2D eigenvalue weighted by Crippen LogP contribution is -2.48. The van der Waals surface area contributed by atoms with Gasteiger partial charge in [0.25, 0.3) is 5.91 Å². The fraction of sp³-hybridized carbons (Fsp3) is 0.471. The lowest BCUT2D eigenvalue weighted by Gasteiger charge is -2.35. The number of Topliss-reactive ketones (excluding diaryl/α,β-unsaturated/α-hetero) is 1. The van der Waals surface area contributed by atoms with Crippen molar-refractivity contribution in [1.29, 1.82) is 0 Å². The normalized spacial score (nSPS) is 20.1. The Labute approximate surface area is 148 Å². The van der Waals surface area contributed by atoms with E-state index in [0.29, 0.717) is 18.5 Å². The molecule has 1 aromatic carbocycles. The molecule has 6 nitrogen and oxygen atoms in total. The van der Waals surface area contributed by atoms with E-state index in [0.717, 1.165) is 4.90 Å². The number of rotatable bonds is 4. The van der Waals surface area contributed by atoms with Gasteiger partial charge in [0, 0.05) is 19.1 Å². The summed E-state index contributed by atoms with van der Waals surface area (Å²) >= 11 is 0. The number of piperidine rings is 1. The molecule has 2 aliphatic heterocycles. The second-order valence-electron chi connectivity index (χ2n) is 6.40. The van der Waals surface area contributed by atoms with E-state index < -0.39 is 24.5 Å². The van der Waals surface area contributed by atoms with E-state index in [-0.39, 0.29) is 31.6 Å². The Morgan fingerprint density at radius 2 is 1.69 bits per heavy atom. The smallest absolute Gasteiger partial charge is 0.312 e. The Kier molecular flexibility index (Phi) is 4.99. The fourth-order valence-electron chi connectivity index (χ4n) is 3.32. The van der Waals surface area contributed by atoms with Gasteiger partial charge in [-0.3, -0.25) is 14.5 Å². The Hall–Kier alpha value is -2.42. The van der Waals surface area contributed by atoms with Gasteiger partial charge in [-0.25, -0.2) is 9.69 Å². The van der Waals surface area contributed by atoms with Crippen molar-refractivity contribution in [3.8, 4) is 0 Å². The van der Waals surface area contributed by atoms with E-state index in [1.807, 2.05) is 0 Å². The molecule has 0 bridgehead atoms. The molecule has 0 radical (unpaired) electrons. The molecule has 0 aromatic heterocycles. The van der Waals surface area contributed by atoms with E-state index in [9.17, 15) is 27.6 Å². The number of anilines is 1. The van der Waals surface area contributed by atoms with Crippen LogP contribution < -0.4 is 4.90 Å². The summed E-state index contributed by atoms with van der Waals surface area (Å²) in [5.74, 6) is -2.09. The summed E-state index contributed by atoms with van der Waals surface area (Å²) < 4.78 is 37.1. The Morgan fingerprint density at radius 1 is 1.08 bits per heavy atom. The minimum absolute atomic E-state index is 0.0418. The summed E-state index contributed by atoms with van der Waals surface area (Å²) in [7, 11) is 0. The van der Waals surface area contributed by atoms with Gasteiger partial charge in [0.2, 0.25) is 5.78 Å². The summed E-state index contributed by atoms with van der Waals surface area (Å²) in [6.07, 6.45) is -3.98. The summed E-state index contributed by atoms with van der Waals surface area (Å²) in [5.41, 5.74) is 0.498. The molecular weight excluding hydrogens is 351 g/mol. The van der Waals surface area contributed by atoms with Crippen LogP contribution in [-0.4, -0.2) is 65.9 Å². The van der Waals surface area contributed by atoms with Crippen LogP contribution in [0.1, 0.15) is 12.8 Å². The molecule has 0 N–H and O–H groups in total. The average molecular weight is 369 g/mol. The third-order valence-corrected chi connectivity index (χ3v) is 4.69. The average Bonchev–Trinajstić information content (AvgIpc) is 2.90. The predicted octanol–water partition coefficient (Wildman–Crippen LogP) is 2.05. The fourth-order valence-corrected chi connectivity index (χ4v) is 3.32. The number of halogens is 3. The zero-order valence-corrected chi connectivity index (χ0v) is 13.9. The molecule has 2 fully saturated rings. The van der Waals surface area contributed by atoms with Gasteiger partial charge in [0.15, 0.2) is 0 Å². The van der Waals surface area contributed by atoms with E-state index >= 15 is 0 Å². The molecule has 3 rings (SSSR count). The Morgan fingerprint density at radius 3 is 2.27 bits per heavy atom. The van der Waals surface area contributed by atoms with Crippen molar-refractivity contribution in [1.82, 2.24) is 9.80 Å². The van der Waals surface area contributed by atoms with E-state index in [1.54, 1.807) is 30.3 Å². The van der Waals surface area contributed by atoms with Crippen molar-refractivity contribution >= 4 is 23.4 Å². The number of amides is 3. The molecule has 2 heterocycles. The molecule has 26 heavy (non-hydrogen) atoms. The van der Waals surface area contributed by atoms with Crippen LogP contribution in [-0.2, 0) is 9.59 Å². The van der Waals surface area contributed by atoms with Crippen LogP contribution >= 0.6 is 0 Å². The van der Waals surface area contributed by atoms with Crippen molar-refractivity contribution in [2.75, 3.05) is 31.1 Å². The van der Waals surface area contributed by atoms with Crippen molar-refractivity contribution in [3.05, 3.63) is 30.3 Å². The zero-order valence-electron chi connectivity index (χ0n) is 13.9. The Balaban J connectivity index is 1.59. The van der Waals surface area contributed by atoms with Crippen molar-refractivity contribution < 1.29 is 27.6 Å².